The van der Waals surface area contributed by atoms with Gasteiger partial charge in [-0.25, -0.2) is 17.9 Å². The van der Waals surface area contributed by atoms with Gasteiger partial charge in [0.2, 0.25) is 10.0 Å². The second-order valence-corrected chi connectivity index (χ2v) is 6.75. The van der Waals surface area contributed by atoms with Gasteiger partial charge in [0.05, 0.1) is 10.4 Å². The van der Waals surface area contributed by atoms with Gasteiger partial charge in [-0.3, -0.25) is 4.57 Å². The van der Waals surface area contributed by atoms with Gasteiger partial charge in [-0.2, -0.15) is 0 Å². The Balaban J connectivity index is 2.17. The summed E-state index contributed by atoms with van der Waals surface area (Å²) >= 11 is 0. The highest BCUT2D eigenvalue weighted by atomic mass is 32.2. The zero-order chi connectivity index (χ0) is 16.3. The highest BCUT2D eigenvalue weighted by Crippen LogP contribution is 2.17. The first kappa shape index (κ1) is 16.7. The summed E-state index contributed by atoms with van der Waals surface area (Å²) in [5.41, 5.74) is 0.825. The summed E-state index contributed by atoms with van der Waals surface area (Å²) < 4.78 is 33.5. The molecule has 7 nitrogen and oxygen atoms in total. The molecule has 0 bridgehead atoms. The number of rotatable bonds is 7. The second-order valence-electron chi connectivity index (χ2n) is 4.98. The third-order valence-corrected chi connectivity index (χ3v) is 5.15. The molecular formula is C14H21N3O4S. The van der Waals surface area contributed by atoms with Crippen LogP contribution in [0.25, 0.3) is 11.1 Å². The van der Waals surface area contributed by atoms with E-state index in [9.17, 15) is 13.2 Å². The Bertz CT molecular complexity index is 803. The van der Waals surface area contributed by atoms with Gasteiger partial charge in [0, 0.05) is 26.2 Å². The molecule has 0 radical (unpaired) electrons. The van der Waals surface area contributed by atoms with Crippen molar-refractivity contribution in [3.05, 3.63) is 28.7 Å². The zero-order valence-electron chi connectivity index (χ0n) is 13.0. The van der Waals surface area contributed by atoms with Gasteiger partial charge in [-0.1, -0.05) is 13.8 Å². The van der Waals surface area contributed by atoms with Gasteiger partial charge in [-0.15, -0.1) is 0 Å². The molecule has 0 spiro atoms. The van der Waals surface area contributed by atoms with E-state index in [4.69, 9.17) is 4.42 Å². The number of fused-ring (bicyclic) bond motifs is 1. The number of oxazole rings is 1. The standard InChI is InChI=1S/C14H21N3O4S/c1-4-17(5-2)9-8-15-22(19,20)11-6-7-12-13(10-11)21-14(18)16(12)3/h6-7,10,15H,4-5,8-9H2,1-3H3. The lowest BCUT2D eigenvalue weighted by atomic mass is 10.3. The smallest absolute Gasteiger partial charge is 0.408 e. The van der Waals surface area contributed by atoms with Crippen molar-refractivity contribution in [2.24, 2.45) is 7.05 Å². The molecule has 1 N–H and O–H groups in total. The molecule has 2 rings (SSSR count). The van der Waals surface area contributed by atoms with Crippen LogP contribution >= 0.6 is 0 Å². The quantitative estimate of drug-likeness (QED) is 0.811. The maximum atomic E-state index is 12.3. The van der Waals surface area contributed by atoms with E-state index in [1.54, 1.807) is 13.1 Å². The van der Waals surface area contributed by atoms with Crippen LogP contribution in [0.2, 0.25) is 0 Å². The van der Waals surface area contributed by atoms with Crippen LogP contribution in [0.4, 0.5) is 0 Å². The van der Waals surface area contributed by atoms with Gasteiger partial charge in [0.15, 0.2) is 5.58 Å². The largest absolute Gasteiger partial charge is 0.419 e. The molecule has 0 aliphatic heterocycles. The summed E-state index contributed by atoms with van der Waals surface area (Å²) in [7, 11) is -2.04. The number of aryl methyl sites for hydroxylation is 1. The fraction of sp³-hybridized carbons (Fsp3) is 0.500. The average molecular weight is 327 g/mol. The van der Waals surface area contributed by atoms with Crippen LogP contribution in [0.5, 0.6) is 0 Å². The first-order chi connectivity index (χ1) is 10.4. The summed E-state index contributed by atoms with van der Waals surface area (Å²) in [5, 5.41) is 0. The molecule has 0 amide bonds. The number of likely N-dealkylation sites (N-methyl/N-ethyl adjacent to an activating group) is 1. The normalized spacial score (nSPS) is 12.4. The fourth-order valence-corrected chi connectivity index (χ4v) is 3.28. The van der Waals surface area contributed by atoms with E-state index in [1.165, 1.54) is 16.7 Å². The summed E-state index contributed by atoms with van der Waals surface area (Å²) in [6.45, 7) is 6.79. The molecular weight excluding hydrogens is 306 g/mol. The molecule has 1 heterocycles. The van der Waals surface area contributed by atoms with Crippen molar-refractivity contribution in [2.75, 3.05) is 26.2 Å². The number of hydrogen-bond acceptors (Lipinski definition) is 5. The Hall–Kier alpha value is -1.64. The predicted octanol–water partition coefficient (Wildman–Crippen LogP) is 0.752. The molecule has 1 aromatic carbocycles. The summed E-state index contributed by atoms with van der Waals surface area (Å²) in [5.74, 6) is -0.515. The van der Waals surface area contributed by atoms with E-state index in [1.807, 2.05) is 13.8 Å². The monoisotopic (exact) mass is 327 g/mol. The topological polar surface area (TPSA) is 84.6 Å². The van der Waals surface area contributed by atoms with Gasteiger partial charge >= 0.3 is 5.76 Å². The van der Waals surface area contributed by atoms with Gasteiger partial charge < -0.3 is 9.32 Å². The van der Waals surface area contributed by atoms with Crippen LogP contribution in [0.3, 0.4) is 0 Å². The molecule has 1 aromatic heterocycles. The third kappa shape index (κ3) is 3.40. The van der Waals surface area contributed by atoms with Crippen molar-refractivity contribution in [1.82, 2.24) is 14.2 Å². The van der Waals surface area contributed by atoms with E-state index in [-0.39, 0.29) is 10.5 Å². The average Bonchev–Trinajstić information content (AvgIpc) is 2.78. The minimum Gasteiger partial charge on any atom is -0.408 e. The molecule has 2 aromatic rings. The molecule has 0 saturated carbocycles. The number of aromatic nitrogens is 1. The molecule has 0 aliphatic carbocycles. The Morgan fingerprint density at radius 3 is 2.59 bits per heavy atom. The first-order valence-electron chi connectivity index (χ1n) is 7.20. The Morgan fingerprint density at radius 1 is 1.27 bits per heavy atom. The Labute approximate surface area is 129 Å². The van der Waals surface area contributed by atoms with E-state index in [0.717, 1.165) is 13.1 Å². The molecule has 22 heavy (non-hydrogen) atoms. The summed E-state index contributed by atoms with van der Waals surface area (Å²) in [6.07, 6.45) is 0. The maximum Gasteiger partial charge on any atom is 0.419 e. The second kappa shape index (κ2) is 6.64. The third-order valence-electron chi connectivity index (χ3n) is 3.69. The van der Waals surface area contributed by atoms with Crippen molar-refractivity contribution < 1.29 is 12.8 Å². The molecule has 0 aliphatic rings. The minimum atomic E-state index is -3.62. The fourth-order valence-electron chi connectivity index (χ4n) is 2.24. The van der Waals surface area contributed by atoms with Crippen molar-refractivity contribution in [3.63, 3.8) is 0 Å². The van der Waals surface area contributed by atoms with Crippen LogP contribution in [0.1, 0.15) is 13.8 Å². The molecule has 0 atom stereocenters. The van der Waals surface area contributed by atoms with Crippen LogP contribution in [-0.4, -0.2) is 44.1 Å². The highest BCUT2D eigenvalue weighted by molar-refractivity contribution is 7.89. The van der Waals surface area contributed by atoms with E-state index >= 15 is 0 Å². The first-order valence-corrected chi connectivity index (χ1v) is 8.69. The Morgan fingerprint density at radius 2 is 1.95 bits per heavy atom. The number of benzene rings is 1. The van der Waals surface area contributed by atoms with E-state index in [2.05, 4.69) is 9.62 Å². The lowest BCUT2D eigenvalue weighted by molar-refractivity contribution is 0.309. The number of nitrogens with one attached hydrogen (secondary N) is 1. The molecule has 0 fully saturated rings. The lowest BCUT2D eigenvalue weighted by Crippen LogP contribution is -2.34. The number of nitrogens with zero attached hydrogens (tertiary/aromatic N) is 2. The van der Waals surface area contributed by atoms with Crippen molar-refractivity contribution >= 4 is 21.1 Å². The summed E-state index contributed by atoms with van der Waals surface area (Å²) in [6, 6.07) is 4.41. The molecule has 0 saturated heterocycles. The SMILES string of the molecule is CCN(CC)CCNS(=O)(=O)c1ccc2c(c1)oc(=O)n2C. The van der Waals surface area contributed by atoms with E-state index < -0.39 is 15.8 Å². The van der Waals surface area contributed by atoms with E-state index in [0.29, 0.717) is 18.6 Å². The van der Waals surface area contributed by atoms with Crippen LogP contribution in [0.15, 0.2) is 32.3 Å². The van der Waals surface area contributed by atoms with Crippen molar-refractivity contribution in [2.45, 2.75) is 18.7 Å². The minimum absolute atomic E-state index is 0.0916. The Kier molecular flexibility index (Phi) is 5.05. The number of sulfonamides is 1. The van der Waals surface area contributed by atoms with Gasteiger partial charge in [-0.05, 0) is 25.2 Å². The van der Waals surface area contributed by atoms with Gasteiger partial charge in [0.25, 0.3) is 0 Å². The number of hydrogen-bond donors (Lipinski definition) is 1. The van der Waals surface area contributed by atoms with Crippen LogP contribution < -0.4 is 10.5 Å². The predicted molar refractivity (Wildman–Crippen MR) is 84.4 cm³/mol. The van der Waals surface area contributed by atoms with Crippen molar-refractivity contribution in [1.29, 1.82) is 0 Å². The maximum absolute atomic E-state index is 12.3. The summed E-state index contributed by atoms with van der Waals surface area (Å²) in [4.78, 5) is 13.7. The lowest BCUT2D eigenvalue weighted by Gasteiger charge is -2.17. The molecule has 0 unspecified atom stereocenters. The molecule has 122 valence electrons. The van der Waals surface area contributed by atoms with Gasteiger partial charge in [0.1, 0.15) is 0 Å². The molecule has 8 heteroatoms. The van der Waals surface area contributed by atoms with Crippen molar-refractivity contribution in [3.8, 4) is 0 Å². The zero-order valence-corrected chi connectivity index (χ0v) is 13.8. The highest BCUT2D eigenvalue weighted by Gasteiger charge is 2.16. The van der Waals surface area contributed by atoms with Crippen LogP contribution in [0, 0.1) is 0 Å². The van der Waals surface area contributed by atoms with Crippen LogP contribution in [-0.2, 0) is 17.1 Å².